The van der Waals surface area contributed by atoms with E-state index in [1.807, 2.05) is 16.7 Å². The second-order valence-electron chi connectivity index (χ2n) is 5.90. The summed E-state index contributed by atoms with van der Waals surface area (Å²) in [7, 11) is 0. The Morgan fingerprint density at radius 2 is 2.25 bits per heavy atom. The largest absolute Gasteiger partial charge is 0.335 e. The van der Waals surface area contributed by atoms with Crippen LogP contribution in [0.2, 0.25) is 0 Å². The topological polar surface area (TPSA) is 28.7 Å². The van der Waals surface area contributed by atoms with Crippen molar-refractivity contribution in [3.63, 3.8) is 0 Å². The van der Waals surface area contributed by atoms with Crippen LogP contribution in [0.1, 0.15) is 25.1 Å². The number of rotatable bonds is 5. The van der Waals surface area contributed by atoms with Crippen LogP contribution in [0.4, 0.5) is 0 Å². The second-order valence-corrected chi connectivity index (χ2v) is 8.67. The molecule has 0 saturated heterocycles. The van der Waals surface area contributed by atoms with Crippen molar-refractivity contribution in [3.05, 3.63) is 45.6 Å². The van der Waals surface area contributed by atoms with Gasteiger partial charge in [0.1, 0.15) is 11.8 Å². The first-order chi connectivity index (χ1) is 9.40. The molecular weight excluding hydrogens is 380 g/mol. The van der Waals surface area contributed by atoms with Gasteiger partial charge in [0, 0.05) is 12.7 Å². The Bertz CT molecular complexity index is 586. The Balaban J connectivity index is 2.14. The van der Waals surface area contributed by atoms with Crippen molar-refractivity contribution >= 4 is 31.9 Å². The Labute approximate surface area is 137 Å². The molecule has 0 amide bonds. The van der Waals surface area contributed by atoms with E-state index >= 15 is 0 Å². The van der Waals surface area contributed by atoms with Gasteiger partial charge < -0.3 is 4.57 Å². The molecule has 20 heavy (non-hydrogen) atoms. The van der Waals surface area contributed by atoms with Crippen LogP contribution in [0.15, 0.2) is 34.4 Å². The number of aromatic nitrogens is 1. The summed E-state index contributed by atoms with van der Waals surface area (Å²) in [5, 5.41) is 9.15. The Hall–Kier alpha value is -0.790. The fourth-order valence-corrected chi connectivity index (χ4v) is 3.53. The molecule has 0 aliphatic heterocycles. The molecule has 0 spiro atoms. The normalized spacial score (nSPS) is 22.9. The van der Waals surface area contributed by atoms with Gasteiger partial charge >= 0.3 is 0 Å². The first-order valence-corrected chi connectivity index (χ1v) is 8.21. The van der Waals surface area contributed by atoms with Crippen molar-refractivity contribution in [2.24, 2.45) is 17.3 Å². The molecule has 2 rings (SSSR count). The summed E-state index contributed by atoms with van der Waals surface area (Å²) in [6.07, 6.45) is 7.15. The molecule has 1 aliphatic rings. The van der Waals surface area contributed by atoms with Gasteiger partial charge in [-0.1, -0.05) is 26.0 Å². The molecule has 2 atom stereocenters. The number of halogens is 2. The average Bonchev–Trinajstić information content (AvgIpc) is 2.74. The van der Waals surface area contributed by atoms with Gasteiger partial charge in [-0.05, 0) is 67.2 Å². The molecule has 1 fully saturated rings. The summed E-state index contributed by atoms with van der Waals surface area (Å²) < 4.78 is 2.98. The summed E-state index contributed by atoms with van der Waals surface area (Å²) in [6, 6.07) is 4.25. The minimum Gasteiger partial charge on any atom is -0.335 e. The molecule has 106 valence electrons. The average molecular weight is 398 g/mol. The highest BCUT2D eigenvalue weighted by atomic mass is 79.9. The molecule has 0 bridgehead atoms. The molecule has 0 aromatic carbocycles. The molecule has 1 aromatic rings. The third kappa shape index (κ3) is 3.10. The summed E-state index contributed by atoms with van der Waals surface area (Å²) >= 11 is 6.89. The van der Waals surface area contributed by atoms with E-state index in [1.54, 1.807) is 0 Å². The highest BCUT2D eigenvalue weighted by molar-refractivity contribution is 9.28. The van der Waals surface area contributed by atoms with Crippen LogP contribution in [0.5, 0.6) is 0 Å². The van der Waals surface area contributed by atoms with E-state index in [-0.39, 0.29) is 0 Å². The van der Waals surface area contributed by atoms with E-state index in [1.165, 1.54) is 5.56 Å². The third-order valence-corrected chi connectivity index (χ3v) is 4.82. The standard InChI is InChI=1S/C16H18Br2N2/c1-4-5-20-10-11(6-12(20)9-19)7-13-14(8-15(17)18)16(13,2)3/h4,6,8,10,13-14H,1,5,7H2,2-3H3/t13-,14+/m1/s1. The maximum absolute atomic E-state index is 9.15. The van der Waals surface area contributed by atoms with Gasteiger partial charge in [0.05, 0.1) is 3.39 Å². The van der Waals surface area contributed by atoms with Gasteiger partial charge in [-0.15, -0.1) is 6.58 Å². The van der Waals surface area contributed by atoms with E-state index in [2.05, 4.69) is 70.6 Å². The summed E-state index contributed by atoms with van der Waals surface area (Å²) in [5.74, 6) is 1.20. The van der Waals surface area contributed by atoms with Gasteiger partial charge in [-0.3, -0.25) is 0 Å². The van der Waals surface area contributed by atoms with Crippen molar-refractivity contribution in [2.45, 2.75) is 26.8 Å². The fourth-order valence-electron chi connectivity index (χ4n) is 2.96. The highest BCUT2D eigenvalue weighted by Gasteiger charge is 2.55. The maximum atomic E-state index is 9.15. The van der Waals surface area contributed by atoms with Crippen LogP contribution in [0, 0.1) is 28.6 Å². The molecule has 2 nitrogen and oxygen atoms in total. The predicted octanol–water partition coefficient (Wildman–Crippen LogP) is 4.99. The minimum absolute atomic E-state index is 0.320. The van der Waals surface area contributed by atoms with E-state index in [0.717, 1.165) is 9.81 Å². The van der Waals surface area contributed by atoms with Crippen LogP contribution in [-0.2, 0) is 13.0 Å². The zero-order valence-corrected chi connectivity index (χ0v) is 14.9. The lowest BCUT2D eigenvalue weighted by Crippen LogP contribution is -1.96. The molecule has 1 saturated carbocycles. The van der Waals surface area contributed by atoms with Crippen molar-refractivity contribution < 1.29 is 0 Å². The SMILES string of the molecule is C=CCn1cc(C[C@@H]2[C@H](C=C(Br)Br)C2(C)C)cc1C#N. The molecule has 4 heteroatoms. The Morgan fingerprint density at radius 3 is 2.80 bits per heavy atom. The molecule has 0 unspecified atom stereocenters. The third-order valence-electron chi connectivity index (χ3n) is 4.29. The molecule has 1 aromatic heterocycles. The molecular formula is C16H18Br2N2. The number of hydrogen-bond acceptors (Lipinski definition) is 1. The second kappa shape index (κ2) is 5.91. The van der Waals surface area contributed by atoms with Gasteiger partial charge in [-0.2, -0.15) is 5.26 Å². The van der Waals surface area contributed by atoms with Crippen molar-refractivity contribution in [3.8, 4) is 6.07 Å². The predicted molar refractivity (Wildman–Crippen MR) is 89.7 cm³/mol. The number of nitrogens with zero attached hydrogens (tertiary/aromatic N) is 2. The molecule has 0 N–H and O–H groups in total. The van der Waals surface area contributed by atoms with Crippen LogP contribution >= 0.6 is 31.9 Å². The quantitative estimate of drug-likeness (QED) is 0.643. The first-order valence-electron chi connectivity index (χ1n) is 6.63. The minimum atomic E-state index is 0.320. The highest BCUT2D eigenvalue weighted by Crippen LogP contribution is 2.61. The van der Waals surface area contributed by atoms with Crippen molar-refractivity contribution in [1.82, 2.24) is 4.57 Å². The lowest BCUT2D eigenvalue weighted by Gasteiger charge is -2.00. The van der Waals surface area contributed by atoms with E-state index in [0.29, 0.717) is 29.5 Å². The van der Waals surface area contributed by atoms with Crippen LogP contribution in [0.3, 0.4) is 0 Å². The van der Waals surface area contributed by atoms with Crippen molar-refractivity contribution in [2.75, 3.05) is 0 Å². The summed E-state index contributed by atoms with van der Waals surface area (Å²) in [4.78, 5) is 0. The molecule has 1 heterocycles. The van der Waals surface area contributed by atoms with Crippen LogP contribution in [-0.4, -0.2) is 4.57 Å². The van der Waals surface area contributed by atoms with Gasteiger partial charge in [-0.25, -0.2) is 0 Å². The number of allylic oxidation sites excluding steroid dienone is 2. The van der Waals surface area contributed by atoms with Crippen molar-refractivity contribution in [1.29, 1.82) is 5.26 Å². The number of nitriles is 1. The zero-order valence-electron chi connectivity index (χ0n) is 11.7. The Kier molecular flexibility index (Phi) is 4.61. The maximum Gasteiger partial charge on any atom is 0.120 e. The van der Waals surface area contributed by atoms with Crippen LogP contribution < -0.4 is 0 Å². The Morgan fingerprint density at radius 1 is 1.55 bits per heavy atom. The van der Waals surface area contributed by atoms with E-state index < -0.39 is 0 Å². The van der Waals surface area contributed by atoms with E-state index in [9.17, 15) is 0 Å². The smallest absolute Gasteiger partial charge is 0.120 e. The molecule has 0 radical (unpaired) electrons. The van der Waals surface area contributed by atoms with Gasteiger partial charge in [0.2, 0.25) is 0 Å². The molecule has 1 aliphatic carbocycles. The summed E-state index contributed by atoms with van der Waals surface area (Å²) in [5.41, 5.74) is 2.27. The monoisotopic (exact) mass is 396 g/mol. The fraction of sp³-hybridized carbons (Fsp3) is 0.438. The van der Waals surface area contributed by atoms with Gasteiger partial charge in [0.15, 0.2) is 0 Å². The van der Waals surface area contributed by atoms with Gasteiger partial charge in [0.25, 0.3) is 0 Å². The van der Waals surface area contributed by atoms with E-state index in [4.69, 9.17) is 5.26 Å². The number of hydrogen-bond donors (Lipinski definition) is 0. The lowest BCUT2D eigenvalue weighted by atomic mass is 10.0. The summed E-state index contributed by atoms with van der Waals surface area (Å²) in [6.45, 7) is 9.02. The zero-order chi connectivity index (χ0) is 14.9. The van der Waals surface area contributed by atoms with Crippen LogP contribution in [0.25, 0.3) is 0 Å². The lowest BCUT2D eigenvalue weighted by molar-refractivity contribution is 0.549. The first kappa shape index (κ1) is 15.6.